The lowest BCUT2D eigenvalue weighted by Crippen LogP contribution is -1.79. The largest absolute Gasteiger partial charge is 0.508 e. The van der Waals surface area contributed by atoms with Crippen molar-refractivity contribution in [1.82, 2.24) is 4.98 Å². The van der Waals surface area contributed by atoms with Gasteiger partial charge < -0.3 is 10.2 Å². The molecule has 0 saturated heterocycles. The van der Waals surface area contributed by atoms with Crippen LogP contribution >= 0.6 is 11.3 Å². The van der Waals surface area contributed by atoms with E-state index in [0.717, 1.165) is 21.8 Å². The number of hydrogen-bond donors (Lipinski definition) is 2. The van der Waals surface area contributed by atoms with E-state index in [1.165, 1.54) is 0 Å². The summed E-state index contributed by atoms with van der Waals surface area (Å²) in [5, 5.41) is 21.4. The highest BCUT2D eigenvalue weighted by Gasteiger charge is 2.06. The van der Waals surface area contributed by atoms with Gasteiger partial charge in [0.15, 0.2) is 0 Å². The summed E-state index contributed by atoms with van der Waals surface area (Å²) in [6.07, 6.45) is 0. The van der Waals surface area contributed by atoms with Gasteiger partial charge in [-0.3, -0.25) is 0 Å². The molecule has 0 unspecified atom stereocenters. The Labute approximate surface area is 128 Å². The number of thiazole rings is 1. The van der Waals surface area contributed by atoms with Crippen LogP contribution in [0.4, 0.5) is 0 Å². The number of aromatic hydroxyl groups is 2. The van der Waals surface area contributed by atoms with E-state index < -0.39 is 0 Å². The topological polar surface area (TPSA) is 53.4 Å². The standard InChI is InChI=1S/C15H11NO2S.C2H6/c17-12-5-1-10(2-6-12)14-9-19-15(16-14)11-3-7-13(18)8-4-11;1-2/h1-9,17-18H;1-2H3. The van der Waals surface area contributed by atoms with Crippen LogP contribution in [0.3, 0.4) is 0 Å². The lowest BCUT2D eigenvalue weighted by atomic mass is 10.1. The van der Waals surface area contributed by atoms with Crippen LogP contribution in [0.15, 0.2) is 53.9 Å². The highest BCUT2D eigenvalue weighted by Crippen LogP contribution is 2.30. The Morgan fingerprint density at radius 1 is 0.762 bits per heavy atom. The van der Waals surface area contributed by atoms with E-state index in [9.17, 15) is 10.2 Å². The van der Waals surface area contributed by atoms with Crippen LogP contribution in [-0.4, -0.2) is 15.2 Å². The predicted octanol–water partition coefficient (Wildman–Crippen LogP) is 4.91. The monoisotopic (exact) mass is 299 g/mol. The van der Waals surface area contributed by atoms with Crippen molar-refractivity contribution in [3.05, 3.63) is 53.9 Å². The molecular formula is C17H17NO2S. The van der Waals surface area contributed by atoms with Gasteiger partial charge in [0.05, 0.1) is 5.69 Å². The minimum absolute atomic E-state index is 0.248. The third kappa shape index (κ3) is 3.61. The average molecular weight is 299 g/mol. The second-order valence-electron chi connectivity index (χ2n) is 4.13. The fourth-order valence-electron chi connectivity index (χ4n) is 1.78. The number of phenols is 2. The average Bonchev–Trinajstić information content (AvgIpc) is 3.01. The van der Waals surface area contributed by atoms with Gasteiger partial charge in [-0.2, -0.15) is 0 Å². The van der Waals surface area contributed by atoms with Crippen LogP contribution in [0.25, 0.3) is 21.8 Å². The van der Waals surface area contributed by atoms with Gasteiger partial charge in [-0.1, -0.05) is 13.8 Å². The Morgan fingerprint density at radius 2 is 1.24 bits per heavy atom. The lowest BCUT2D eigenvalue weighted by molar-refractivity contribution is 0.475. The van der Waals surface area contributed by atoms with E-state index in [4.69, 9.17) is 0 Å². The highest BCUT2D eigenvalue weighted by atomic mass is 32.1. The fourth-order valence-corrected chi connectivity index (χ4v) is 2.61. The third-order valence-electron chi connectivity index (χ3n) is 2.78. The Bertz CT molecular complexity index is 628. The quantitative estimate of drug-likeness (QED) is 0.706. The van der Waals surface area contributed by atoms with E-state index in [-0.39, 0.29) is 11.5 Å². The highest BCUT2D eigenvalue weighted by molar-refractivity contribution is 7.13. The smallest absolute Gasteiger partial charge is 0.124 e. The van der Waals surface area contributed by atoms with Crippen LogP contribution in [0.1, 0.15) is 13.8 Å². The normalized spacial score (nSPS) is 9.81. The predicted molar refractivity (Wildman–Crippen MR) is 87.7 cm³/mol. The number of phenolic OH excluding ortho intramolecular Hbond substituents is 2. The zero-order valence-corrected chi connectivity index (χ0v) is 12.8. The first-order valence-electron chi connectivity index (χ1n) is 6.77. The molecule has 0 amide bonds. The van der Waals surface area contributed by atoms with Crippen LogP contribution in [-0.2, 0) is 0 Å². The van der Waals surface area contributed by atoms with Gasteiger partial charge in [0.1, 0.15) is 16.5 Å². The molecule has 3 nitrogen and oxygen atoms in total. The van der Waals surface area contributed by atoms with Crippen molar-refractivity contribution in [1.29, 1.82) is 0 Å². The molecule has 108 valence electrons. The number of aromatic nitrogens is 1. The molecule has 0 aliphatic heterocycles. The van der Waals surface area contributed by atoms with E-state index in [2.05, 4.69) is 4.98 Å². The molecule has 0 saturated carbocycles. The van der Waals surface area contributed by atoms with E-state index in [1.54, 1.807) is 35.6 Å². The third-order valence-corrected chi connectivity index (χ3v) is 3.67. The summed E-state index contributed by atoms with van der Waals surface area (Å²) in [6, 6.07) is 14.0. The molecule has 0 bridgehead atoms. The first-order chi connectivity index (χ1) is 10.2. The number of nitrogens with zero attached hydrogens (tertiary/aromatic N) is 1. The minimum atomic E-state index is 0.248. The molecule has 2 aromatic carbocycles. The van der Waals surface area contributed by atoms with Crippen molar-refractivity contribution in [2.24, 2.45) is 0 Å². The molecule has 0 atom stereocenters. The van der Waals surface area contributed by atoms with Crippen molar-refractivity contribution < 1.29 is 10.2 Å². The molecule has 2 N–H and O–H groups in total. The molecule has 0 aliphatic rings. The van der Waals surface area contributed by atoms with Crippen molar-refractivity contribution in [2.45, 2.75) is 13.8 Å². The van der Waals surface area contributed by atoms with Gasteiger partial charge >= 0.3 is 0 Å². The zero-order valence-electron chi connectivity index (χ0n) is 11.9. The van der Waals surface area contributed by atoms with Crippen molar-refractivity contribution >= 4 is 11.3 Å². The van der Waals surface area contributed by atoms with Crippen molar-refractivity contribution in [3.8, 4) is 33.3 Å². The SMILES string of the molecule is CC.Oc1ccc(-c2csc(-c3ccc(O)cc3)n2)cc1. The van der Waals surface area contributed by atoms with Crippen LogP contribution < -0.4 is 0 Å². The molecule has 4 heteroatoms. The lowest BCUT2D eigenvalue weighted by Gasteiger charge is -1.98. The van der Waals surface area contributed by atoms with Crippen molar-refractivity contribution in [3.63, 3.8) is 0 Å². The van der Waals surface area contributed by atoms with Gasteiger partial charge in [0.25, 0.3) is 0 Å². The molecule has 21 heavy (non-hydrogen) atoms. The molecule has 1 aromatic heterocycles. The molecule has 3 aromatic rings. The first kappa shape index (κ1) is 15.1. The molecule has 3 rings (SSSR count). The molecule has 0 radical (unpaired) electrons. The molecule has 0 aliphatic carbocycles. The van der Waals surface area contributed by atoms with Crippen molar-refractivity contribution in [2.75, 3.05) is 0 Å². The molecule has 0 spiro atoms. The maximum Gasteiger partial charge on any atom is 0.124 e. The van der Waals surface area contributed by atoms with Crippen LogP contribution in [0.5, 0.6) is 11.5 Å². The number of rotatable bonds is 2. The summed E-state index contributed by atoms with van der Waals surface area (Å²) in [4.78, 5) is 4.57. The molecule has 0 fully saturated rings. The Kier molecular flexibility index (Phi) is 4.95. The minimum Gasteiger partial charge on any atom is -0.508 e. The van der Waals surface area contributed by atoms with E-state index in [1.807, 2.05) is 43.5 Å². The fraction of sp³-hybridized carbons (Fsp3) is 0.118. The number of hydrogen-bond acceptors (Lipinski definition) is 4. The van der Waals surface area contributed by atoms with E-state index in [0.29, 0.717) is 0 Å². The number of benzene rings is 2. The second-order valence-corrected chi connectivity index (χ2v) is 4.99. The summed E-state index contributed by atoms with van der Waals surface area (Å²) < 4.78 is 0. The van der Waals surface area contributed by atoms with Gasteiger partial charge in [0, 0.05) is 16.5 Å². The zero-order chi connectivity index (χ0) is 15.2. The van der Waals surface area contributed by atoms with Gasteiger partial charge in [-0.05, 0) is 48.5 Å². The summed E-state index contributed by atoms with van der Waals surface area (Å²) in [7, 11) is 0. The summed E-state index contributed by atoms with van der Waals surface area (Å²) in [5.41, 5.74) is 2.83. The summed E-state index contributed by atoms with van der Waals surface area (Å²) >= 11 is 1.55. The maximum absolute atomic E-state index is 9.27. The summed E-state index contributed by atoms with van der Waals surface area (Å²) in [6.45, 7) is 4.00. The van der Waals surface area contributed by atoms with E-state index >= 15 is 0 Å². The Morgan fingerprint density at radius 3 is 1.76 bits per heavy atom. The molecular weight excluding hydrogens is 282 g/mol. The Hall–Kier alpha value is -2.33. The van der Waals surface area contributed by atoms with Gasteiger partial charge in [-0.25, -0.2) is 4.98 Å². The summed E-state index contributed by atoms with van der Waals surface area (Å²) in [5.74, 6) is 0.497. The second kappa shape index (κ2) is 6.90. The first-order valence-corrected chi connectivity index (χ1v) is 7.65. The Balaban J connectivity index is 0.000000774. The van der Waals surface area contributed by atoms with Crippen LogP contribution in [0, 0.1) is 0 Å². The molecule has 1 heterocycles. The van der Waals surface area contributed by atoms with Crippen LogP contribution in [0.2, 0.25) is 0 Å². The maximum atomic E-state index is 9.27. The van der Waals surface area contributed by atoms with Gasteiger partial charge in [-0.15, -0.1) is 11.3 Å². The van der Waals surface area contributed by atoms with Gasteiger partial charge in [0.2, 0.25) is 0 Å².